The lowest BCUT2D eigenvalue weighted by atomic mass is 10.0. The zero-order valence-electron chi connectivity index (χ0n) is 10.7. The molecule has 0 saturated carbocycles. The van der Waals surface area contributed by atoms with E-state index in [0.717, 1.165) is 11.1 Å². The van der Waals surface area contributed by atoms with Crippen molar-refractivity contribution in [3.8, 4) is 11.9 Å². The zero-order chi connectivity index (χ0) is 14.4. The summed E-state index contributed by atoms with van der Waals surface area (Å²) in [5.74, 6) is 0.450. The van der Waals surface area contributed by atoms with Gasteiger partial charge in [0.15, 0.2) is 0 Å². The van der Waals surface area contributed by atoms with Crippen molar-refractivity contribution in [3.05, 3.63) is 58.2 Å². The summed E-state index contributed by atoms with van der Waals surface area (Å²) in [7, 11) is 0. The van der Waals surface area contributed by atoms with Crippen molar-refractivity contribution in [2.45, 2.75) is 13.0 Å². The number of aliphatic hydroxyl groups excluding tert-OH is 1. The van der Waals surface area contributed by atoms with Gasteiger partial charge in [0.1, 0.15) is 11.8 Å². The van der Waals surface area contributed by atoms with Crippen LogP contribution >= 0.6 is 11.6 Å². The molecule has 0 spiro atoms. The molecular formula is C15H13ClN2O2. The predicted octanol–water partition coefficient (Wildman–Crippen LogP) is 2.72. The summed E-state index contributed by atoms with van der Waals surface area (Å²) >= 11 is 5.78. The van der Waals surface area contributed by atoms with Crippen LogP contribution in [-0.4, -0.2) is 16.7 Å². The van der Waals surface area contributed by atoms with Crippen LogP contribution in [0.25, 0.3) is 0 Å². The van der Waals surface area contributed by atoms with E-state index < -0.39 is 0 Å². The molecule has 5 heteroatoms. The Kier molecular flexibility index (Phi) is 4.94. The van der Waals surface area contributed by atoms with E-state index in [1.165, 1.54) is 0 Å². The number of hydrogen-bond acceptors (Lipinski definition) is 4. The summed E-state index contributed by atoms with van der Waals surface area (Å²) in [6, 6.07) is 12.7. The van der Waals surface area contributed by atoms with E-state index in [1.54, 1.807) is 24.3 Å². The van der Waals surface area contributed by atoms with Crippen LogP contribution in [0, 0.1) is 11.3 Å². The lowest BCUT2D eigenvalue weighted by molar-refractivity contribution is 0.292. The fourth-order valence-electron chi connectivity index (χ4n) is 1.80. The molecule has 2 rings (SSSR count). The smallest absolute Gasteiger partial charge is 0.214 e. The highest BCUT2D eigenvalue weighted by Crippen LogP contribution is 2.16. The number of nitriles is 1. The molecule has 1 N–H and O–H groups in total. The average molecular weight is 289 g/mol. The summed E-state index contributed by atoms with van der Waals surface area (Å²) in [6.45, 7) is 0.340. The molecule has 0 aliphatic carbocycles. The first-order valence-corrected chi connectivity index (χ1v) is 6.49. The second-order valence-electron chi connectivity index (χ2n) is 4.16. The zero-order valence-corrected chi connectivity index (χ0v) is 11.5. The molecule has 0 fully saturated rings. The van der Waals surface area contributed by atoms with Gasteiger partial charge in [0, 0.05) is 12.7 Å². The van der Waals surface area contributed by atoms with Gasteiger partial charge >= 0.3 is 0 Å². The van der Waals surface area contributed by atoms with E-state index in [1.807, 2.05) is 12.1 Å². The van der Waals surface area contributed by atoms with Gasteiger partial charge in [-0.2, -0.15) is 5.26 Å². The van der Waals surface area contributed by atoms with Gasteiger partial charge in [-0.05, 0) is 29.7 Å². The largest absolute Gasteiger partial charge is 0.473 e. The number of rotatable bonds is 5. The number of pyridine rings is 1. The van der Waals surface area contributed by atoms with Crippen LogP contribution in [0.15, 0.2) is 36.4 Å². The topological polar surface area (TPSA) is 66.1 Å². The van der Waals surface area contributed by atoms with Crippen molar-refractivity contribution in [1.82, 2.24) is 4.98 Å². The number of nitrogens with zero attached hydrogens (tertiary/aromatic N) is 2. The van der Waals surface area contributed by atoms with Crippen LogP contribution in [-0.2, 0) is 13.0 Å². The third-order valence-corrected chi connectivity index (χ3v) is 2.96. The molecule has 0 atom stereocenters. The van der Waals surface area contributed by atoms with Crippen molar-refractivity contribution in [1.29, 1.82) is 5.26 Å². The van der Waals surface area contributed by atoms with E-state index in [9.17, 15) is 0 Å². The Morgan fingerprint density at radius 3 is 2.85 bits per heavy atom. The molecule has 102 valence electrons. The number of halogens is 1. The average Bonchev–Trinajstić information content (AvgIpc) is 2.46. The van der Waals surface area contributed by atoms with E-state index in [4.69, 9.17) is 26.7 Å². The molecule has 0 aliphatic rings. The maximum atomic E-state index is 9.00. The number of ether oxygens (including phenoxy) is 1. The second-order valence-corrected chi connectivity index (χ2v) is 4.55. The van der Waals surface area contributed by atoms with Crippen LogP contribution in [0.5, 0.6) is 5.88 Å². The Hall–Kier alpha value is -2.09. The van der Waals surface area contributed by atoms with Crippen molar-refractivity contribution >= 4 is 11.6 Å². The minimum Gasteiger partial charge on any atom is -0.473 e. The number of aliphatic hydroxyl groups is 1. The number of benzene rings is 1. The van der Waals surface area contributed by atoms with Gasteiger partial charge in [-0.15, -0.1) is 0 Å². The molecule has 4 nitrogen and oxygen atoms in total. The van der Waals surface area contributed by atoms with E-state index in [0.29, 0.717) is 29.6 Å². The van der Waals surface area contributed by atoms with Crippen molar-refractivity contribution in [2.24, 2.45) is 0 Å². The molecule has 1 aromatic carbocycles. The van der Waals surface area contributed by atoms with Crippen molar-refractivity contribution < 1.29 is 9.84 Å². The quantitative estimate of drug-likeness (QED) is 0.859. The Morgan fingerprint density at radius 1 is 1.30 bits per heavy atom. The molecular weight excluding hydrogens is 276 g/mol. The van der Waals surface area contributed by atoms with E-state index >= 15 is 0 Å². The summed E-state index contributed by atoms with van der Waals surface area (Å²) < 4.78 is 5.54. The van der Waals surface area contributed by atoms with Gasteiger partial charge in [0.05, 0.1) is 11.6 Å². The van der Waals surface area contributed by atoms with Crippen LogP contribution in [0.2, 0.25) is 5.15 Å². The standard InChI is InChI=1S/C15H13ClN2O2/c16-14-2-1-3-15(18-14)20-10-11-4-5-13(9-17)12(8-11)6-7-19/h1-5,8,19H,6-7,10H2. The summed E-state index contributed by atoms with van der Waals surface area (Å²) in [6.07, 6.45) is 0.451. The first kappa shape index (κ1) is 14.3. The monoisotopic (exact) mass is 288 g/mol. The Labute approximate surface area is 122 Å². The van der Waals surface area contributed by atoms with Gasteiger partial charge in [-0.1, -0.05) is 29.8 Å². The third-order valence-electron chi connectivity index (χ3n) is 2.75. The fourth-order valence-corrected chi connectivity index (χ4v) is 1.96. The molecule has 1 aromatic heterocycles. The first-order chi connectivity index (χ1) is 9.72. The minimum absolute atomic E-state index is 0.00877. The Balaban J connectivity index is 2.10. The highest BCUT2D eigenvalue weighted by molar-refractivity contribution is 6.29. The maximum Gasteiger partial charge on any atom is 0.214 e. The molecule has 0 radical (unpaired) electrons. The normalized spacial score (nSPS) is 10.1. The van der Waals surface area contributed by atoms with Crippen molar-refractivity contribution in [2.75, 3.05) is 6.61 Å². The summed E-state index contributed by atoms with van der Waals surface area (Å²) in [5, 5.41) is 18.4. The van der Waals surface area contributed by atoms with E-state index in [-0.39, 0.29) is 6.61 Å². The van der Waals surface area contributed by atoms with Crippen LogP contribution in [0.1, 0.15) is 16.7 Å². The van der Waals surface area contributed by atoms with Crippen molar-refractivity contribution in [3.63, 3.8) is 0 Å². The first-order valence-electron chi connectivity index (χ1n) is 6.11. The van der Waals surface area contributed by atoms with E-state index in [2.05, 4.69) is 11.1 Å². The lowest BCUT2D eigenvalue weighted by Gasteiger charge is -2.08. The number of aromatic nitrogens is 1. The van der Waals surface area contributed by atoms with Gasteiger partial charge in [0.2, 0.25) is 5.88 Å². The van der Waals surface area contributed by atoms with Crippen LogP contribution in [0.4, 0.5) is 0 Å². The Bertz CT molecular complexity index is 638. The van der Waals surface area contributed by atoms with Gasteiger partial charge in [-0.25, -0.2) is 4.98 Å². The predicted molar refractivity (Wildman–Crippen MR) is 75.5 cm³/mol. The highest BCUT2D eigenvalue weighted by Gasteiger charge is 2.04. The summed E-state index contributed by atoms with van der Waals surface area (Å²) in [4.78, 5) is 4.03. The SMILES string of the molecule is N#Cc1ccc(COc2cccc(Cl)n2)cc1CCO. The number of hydrogen-bond donors (Lipinski definition) is 1. The van der Waals surface area contributed by atoms with Gasteiger partial charge in [0.25, 0.3) is 0 Å². The maximum absolute atomic E-state index is 9.00. The lowest BCUT2D eigenvalue weighted by Crippen LogP contribution is -2.01. The van der Waals surface area contributed by atoms with Gasteiger partial charge in [-0.3, -0.25) is 0 Å². The van der Waals surface area contributed by atoms with Crippen LogP contribution < -0.4 is 4.74 Å². The molecule has 0 amide bonds. The molecule has 20 heavy (non-hydrogen) atoms. The molecule has 1 heterocycles. The van der Waals surface area contributed by atoms with Crippen LogP contribution in [0.3, 0.4) is 0 Å². The fraction of sp³-hybridized carbons (Fsp3) is 0.200. The molecule has 0 unspecified atom stereocenters. The second kappa shape index (κ2) is 6.90. The minimum atomic E-state index is 0.00877. The summed E-state index contributed by atoms with van der Waals surface area (Å²) in [5.41, 5.74) is 2.30. The molecule has 0 bridgehead atoms. The molecule has 0 saturated heterocycles. The highest BCUT2D eigenvalue weighted by atomic mass is 35.5. The van der Waals surface area contributed by atoms with Gasteiger partial charge < -0.3 is 9.84 Å². The Morgan fingerprint density at radius 2 is 2.15 bits per heavy atom. The molecule has 0 aliphatic heterocycles. The molecule has 2 aromatic rings. The third kappa shape index (κ3) is 3.70.